The molecule has 0 fully saturated rings. The van der Waals surface area contributed by atoms with Crippen LogP contribution in [0.15, 0.2) is 64.4 Å². The third-order valence-electron chi connectivity index (χ3n) is 4.09. The van der Waals surface area contributed by atoms with Crippen molar-refractivity contribution in [1.82, 2.24) is 0 Å². The lowest BCUT2D eigenvalue weighted by atomic mass is 10.3. The van der Waals surface area contributed by atoms with Gasteiger partial charge in [0.25, 0.3) is 20.0 Å². The van der Waals surface area contributed by atoms with Crippen LogP contribution in [-0.2, 0) is 20.0 Å². The molecule has 0 atom stereocenters. The highest BCUT2D eigenvalue weighted by Gasteiger charge is 2.25. The average molecular weight is 523 g/mol. The molecule has 0 saturated heterocycles. The first-order valence-electron chi connectivity index (χ1n) is 8.57. The molecule has 0 saturated carbocycles. The molecule has 2 N–H and O–H groups in total. The molecule has 0 heterocycles. The molecule has 170 valence electrons. The number of hydrogen-bond donors (Lipinski definition) is 2. The summed E-state index contributed by atoms with van der Waals surface area (Å²) in [6.07, 6.45) is 0. The van der Waals surface area contributed by atoms with Crippen LogP contribution in [0.2, 0.25) is 10.0 Å². The Morgan fingerprint density at radius 3 is 1.72 bits per heavy atom. The molecule has 0 aliphatic heterocycles. The van der Waals surface area contributed by atoms with Crippen molar-refractivity contribution in [3.8, 4) is 5.75 Å². The highest BCUT2D eigenvalue weighted by Crippen LogP contribution is 2.31. The van der Waals surface area contributed by atoms with Crippen LogP contribution < -0.4 is 14.2 Å². The minimum Gasteiger partial charge on any atom is -0.495 e. The van der Waals surface area contributed by atoms with Crippen molar-refractivity contribution < 1.29 is 30.4 Å². The number of nitrogens with one attached hydrogen (secondary N) is 2. The Morgan fingerprint density at radius 2 is 1.25 bits per heavy atom. The Kier molecular flexibility index (Phi) is 6.84. The largest absolute Gasteiger partial charge is 0.495 e. The van der Waals surface area contributed by atoms with Crippen LogP contribution in [0.5, 0.6) is 5.75 Å². The molecule has 3 aromatic carbocycles. The van der Waals surface area contributed by atoms with Crippen molar-refractivity contribution in [1.29, 1.82) is 0 Å². The maximum absolute atomic E-state index is 14.1. The third kappa shape index (κ3) is 5.23. The second kappa shape index (κ2) is 9.10. The number of sulfonamides is 2. The van der Waals surface area contributed by atoms with Gasteiger partial charge in [0.1, 0.15) is 22.3 Å². The molecule has 0 aliphatic carbocycles. The predicted molar refractivity (Wildman–Crippen MR) is 117 cm³/mol. The SMILES string of the molecule is COc1ccc(S(=O)(=O)Nc2ccc(Cl)cc2F)cc1S(=O)(=O)Nc1ccc(Cl)cc1F. The maximum Gasteiger partial charge on any atom is 0.265 e. The number of rotatable bonds is 7. The molecule has 7 nitrogen and oxygen atoms in total. The molecular weight excluding hydrogens is 509 g/mol. The molecule has 0 unspecified atom stereocenters. The van der Waals surface area contributed by atoms with E-state index in [4.69, 9.17) is 27.9 Å². The van der Waals surface area contributed by atoms with Crippen LogP contribution in [-0.4, -0.2) is 23.9 Å². The van der Waals surface area contributed by atoms with Gasteiger partial charge in [-0.15, -0.1) is 0 Å². The zero-order chi connectivity index (χ0) is 23.7. The van der Waals surface area contributed by atoms with E-state index < -0.39 is 52.8 Å². The van der Waals surface area contributed by atoms with E-state index in [0.29, 0.717) is 0 Å². The number of benzene rings is 3. The fourth-order valence-electron chi connectivity index (χ4n) is 2.58. The van der Waals surface area contributed by atoms with E-state index in [0.717, 1.165) is 42.5 Å². The van der Waals surface area contributed by atoms with E-state index in [1.807, 2.05) is 9.44 Å². The van der Waals surface area contributed by atoms with Gasteiger partial charge < -0.3 is 4.74 Å². The van der Waals surface area contributed by atoms with Crippen molar-refractivity contribution in [3.63, 3.8) is 0 Å². The summed E-state index contributed by atoms with van der Waals surface area (Å²) in [6.45, 7) is 0. The minimum absolute atomic E-state index is 0.0524. The van der Waals surface area contributed by atoms with Gasteiger partial charge in [-0.3, -0.25) is 9.44 Å². The number of anilines is 2. The van der Waals surface area contributed by atoms with Crippen molar-refractivity contribution in [2.24, 2.45) is 0 Å². The van der Waals surface area contributed by atoms with E-state index in [9.17, 15) is 25.6 Å². The molecule has 0 amide bonds. The number of hydrogen-bond acceptors (Lipinski definition) is 5. The first kappa shape index (κ1) is 24.1. The Balaban J connectivity index is 2.02. The molecule has 0 spiro atoms. The second-order valence-electron chi connectivity index (χ2n) is 6.27. The lowest BCUT2D eigenvalue weighted by Crippen LogP contribution is -2.18. The monoisotopic (exact) mass is 522 g/mol. The van der Waals surface area contributed by atoms with Crippen LogP contribution in [0.3, 0.4) is 0 Å². The second-order valence-corrected chi connectivity index (χ2v) is 10.5. The minimum atomic E-state index is -4.50. The van der Waals surface area contributed by atoms with Crippen LogP contribution >= 0.6 is 23.2 Å². The fraction of sp³-hybridized carbons (Fsp3) is 0.0526. The Hall–Kier alpha value is -2.60. The summed E-state index contributed by atoms with van der Waals surface area (Å²) in [5.41, 5.74) is -0.804. The number of halogens is 4. The van der Waals surface area contributed by atoms with Crippen LogP contribution in [0.25, 0.3) is 0 Å². The molecule has 0 aromatic heterocycles. The molecule has 3 rings (SSSR count). The maximum atomic E-state index is 14.1. The van der Waals surface area contributed by atoms with Crippen molar-refractivity contribution in [3.05, 3.63) is 76.3 Å². The summed E-state index contributed by atoms with van der Waals surface area (Å²) in [7, 11) is -7.74. The normalized spacial score (nSPS) is 11.8. The van der Waals surface area contributed by atoms with Crippen molar-refractivity contribution in [2.75, 3.05) is 16.6 Å². The van der Waals surface area contributed by atoms with E-state index in [2.05, 4.69) is 0 Å². The summed E-state index contributed by atoms with van der Waals surface area (Å²) in [5, 5.41) is 0.111. The molecule has 0 aliphatic rings. The van der Waals surface area contributed by atoms with Crippen LogP contribution in [0, 0.1) is 11.6 Å². The van der Waals surface area contributed by atoms with Gasteiger partial charge in [0.2, 0.25) is 0 Å². The van der Waals surface area contributed by atoms with Gasteiger partial charge in [-0.1, -0.05) is 23.2 Å². The molecule has 13 heteroatoms. The summed E-state index contributed by atoms with van der Waals surface area (Å²) in [6, 6.07) is 9.54. The molecule has 0 bridgehead atoms. The number of ether oxygens (including phenoxy) is 1. The topological polar surface area (TPSA) is 102 Å². The Labute approximate surface area is 193 Å². The molecule has 3 aromatic rings. The lowest BCUT2D eigenvalue weighted by Gasteiger charge is -2.15. The van der Waals surface area contributed by atoms with E-state index in [1.54, 1.807) is 0 Å². The zero-order valence-corrected chi connectivity index (χ0v) is 19.2. The average Bonchev–Trinajstić information content (AvgIpc) is 2.71. The Morgan fingerprint density at radius 1 is 0.750 bits per heavy atom. The highest BCUT2D eigenvalue weighted by molar-refractivity contribution is 7.93. The first-order valence-corrected chi connectivity index (χ1v) is 12.3. The molecule has 0 radical (unpaired) electrons. The van der Waals surface area contributed by atoms with Gasteiger partial charge in [0, 0.05) is 10.0 Å². The van der Waals surface area contributed by atoms with Gasteiger partial charge >= 0.3 is 0 Å². The predicted octanol–water partition coefficient (Wildman–Crippen LogP) is 4.88. The van der Waals surface area contributed by atoms with Gasteiger partial charge in [-0.2, -0.15) is 0 Å². The van der Waals surface area contributed by atoms with Crippen molar-refractivity contribution >= 4 is 54.6 Å². The number of methoxy groups -OCH3 is 1. The van der Waals surface area contributed by atoms with Gasteiger partial charge in [-0.05, 0) is 54.6 Å². The highest BCUT2D eigenvalue weighted by atomic mass is 35.5. The van der Waals surface area contributed by atoms with Crippen LogP contribution in [0.4, 0.5) is 20.2 Å². The van der Waals surface area contributed by atoms with E-state index >= 15 is 0 Å². The summed E-state index contributed by atoms with van der Waals surface area (Å²) in [4.78, 5) is -1.10. The third-order valence-corrected chi connectivity index (χ3v) is 7.31. The quantitative estimate of drug-likeness (QED) is 0.460. The van der Waals surface area contributed by atoms with Crippen LogP contribution in [0.1, 0.15) is 0 Å². The van der Waals surface area contributed by atoms with E-state index in [-0.39, 0.29) is 15.8 Å². The van der Waals surface area contributed by atoms with Gasteiger partial charge in [0.05, 0.1) is 23.4 Å². The summed E-state index contributed by atoms with van der Waals surface area (Å²) < 4.78 is 88.3. The smallest absolute Gasteiger partial charge is 0.265 e. The fourth-order valence-corrected chi connectivity index (χ4v) is 5.33. The Bertz CT molecular complexity index is 1400. The molecular formula is C19H14Cl2F2N2O5S2. The van der Waals surface area contributed by atoms with Gasteiger partial charge in [0.15, 0.2) is 0 Å². The van der Waals surface area contributed by atoms with Crippen molar-refractivity contribution in [2.45, 2.75) is 9.79 Å². The summed E-state index contributed by atoms with van der Waals surface area (Å²) >= 11 is 11.3. The summed E-state index contributed by atoms with van der Waals surface area (Å²) in [5.74, 6) is -2.07. The lowest BCUT2D eigenvalue weighted by molar-refractivity contribution is 0.402. The van der Waals surface area contributed by atoms with E-state index in [1.165, 1.54) is 19.2 Å². The first-order chi connectivity index (χ1) is 14.9. The molecule has 32 heavy (non-hydrogen) atoms. The zero-order valence-electron chi connectivity index (χ0n) is 16.1. The van der Waals surface area contributed by atoms with Gasteiger partial charge in [-0.25, -0.2) is 25.6 Å². The standard InChI is InChI=1S/C19H14Cl2F2N2O5S2/c1-30-18-7-4-13(31(26,27)24-16-5-2-11(20)8-14(16)22)10-19(18)32(28,29)25-17-6-3-12(21)9-15(17)23/h2-10,24-25H,1H3.